The first-order valence-electron chi connectivity index (χ1n) is 8.67. The second kappa shape index (κ2) is 6.98. The van der Waals surface area contributed by atoms with Crippen LogP contribution >= 0.6 is 0 Å². The molecule has 2 aliphatic heterocycles. The SMILES string of the molecule is O=C(Cc1ccco1)N1CC[C@]2(C[C@@H](OCc3cccnc3)CO2)C1. The summed E-state index contributed by atoms with van der Waals surface area (Å²) in [5, 5.41) is 0. The van der Waals surface area contributed by atoms with E-state index in [1.165, 1.54) is 0 Å². The van der Waals surface area contributed by atoms with Crippen molar-refractivity contribution in [2.24, 2.45) is 0 Å². The molecule has 0 aliphatic carbocycles. The number of aromatic nitrogens is 1. The maximum Gasteiger partial charge on any atom is 0.230 e. The first-order valence-corrected chi connectivity index (χ1v) is 8.67. The maximum absolute atomic E-state index is 12.4. The van der Waals surface area contributed by atoms with Crippen LogP contribution < -0.4 is 0 Å². The number of carbonyl (C=O) groups excluding carboxylic acids is 1. The van der Waals surface area contributed by atoms with Gasteiger partial charge in [-0.15, -0.1) is 0 Å². The van der Waals surface area contributed by atoms with Gasteiger partial charge in [0, 0.05) is 31.9 Å². The van der Waals surface area contributed by atoms with Gasteiger partial charge in [0.15, 0.2) is 0 Å². The molecule has 0 aromatic carbocycles. The van der Waals surface area contributed by atoms with Gasteiger partial charge in [-0.25, -0.2) is 0 Å². The van der Waals surface area contributed by atoms with E-state index in [0.717, 1.165) is 24.9 Å². The molecule has 0 saturated carbocycles. The first-order chi connectivity index (χ1) is 12.2. The lowest BCUT2D eigenvalue weighted by molar-refractivity contribution is -0.130. The fraction of sp³-hybridized carbons (Fsp3) is 0.474. The number of amides is 1. The summed E-state index contributed by atoms with van der Waals surface area (Å²) in [6, 6.07) is 7.55. The minimum atomic E-state index is -0.252. The lowest BCUT2D eigenvalue weighted by Gasteiger charge is -2.23. The molecule has 2 aromatic heterocycles. The fourth-order valence-electron chi connectivity index (χ4n) is 3.62. The van der Waals surface area contributed by atoms with Crippen LogP contribution in [0.3, 0.4) is 0 Å². The van der Waals surface area contributed by atoms with E-state index in [-0.39, 0.29) is 17.6 Å². The molecule has 2 fully saturated rings. The van der Waals surface area contributed by atoms with Crippen molar-refractivity contribution >= 4 is 5.91 Å². The van der Waals surface area contributed by atoms with E-state index in [1.54, 1.807) is 18.5 Å². The molecule has 6 heteroatoms. The van der Waals surface area contributed by atoms with Gasteiger partial charge in [0.1, 0.15) is 5.76 Å². The molecule has 2 atom stereocenters. The van der Waals surface area contributed by atoms with Crippen LogP contribution in [0.25, 0.3) is 0 Å². The number of pyridine rings is 1. The second-order valence-corrected chi connectivity index (χ2v) is 6.81. The maximum atomic E-state index is 12.4. The molecule has 2 aliphatic rings. The Hall–Kier alpha value is -2.18. The van der Waals surface area contributed by atoms with Gasteiger partial charge >= 0.3 is 0 Å². The highest BCUT2D eigenvalue weighted by Crippen LogP contribution is 2.36. The summed E-state index contributed by atoms with van der Waals surface area (Å²) >= 11 is 0. The lowest BCUT2D eigenvalue weighted by Crippen LogP contribution is -2.36. The van der Waals surface area contributed by atoms with Crippen molar-refractivity contribution in [2.45, 2.75) is 37.6 Å². The summed E-state index contributed by atoms with van der Waals surface area (Å²) in [4.78, 5) is 18.4. The minimum Gasteiger partial charge on any atom is -0.469 e. The number of carbonyl (C=O) groups is 1. The summed E-state index contributed by atoms with van der Waals surface area (Å²) < 4.78 is 17.3. The Morgan fingerprint density at radius 3 is 3.16 bits per heavy atom. The average Bonchev–Trinajstić information content (AvgIpc) is 3.37. The lowest BCUT2D eigenvalue weighted by atomic mass is 9.98. The number of ether oxygens (including phenoxy) is 2. The zero-order chi connectivity index (χ0) is 17.1. The zero-order valence-electron chi connectivity index (χ0n) is 14.1. The number of nitrogens with zero attached hydrogens (tertiary/aromatic N) is 2. The first kappa shape index (κ1) is 16.3. The van der Waals surface area contributed by atoms with Gasteiger partial charge in [0.2, 0.25) is 5.91 Å². The van der Waals surface area contributed by atoms with Gasteiger partial charge < -0.3 is 18.8 Å². The third-order valence-corrected chi connectivity index (χ3v) is 4.96. The molecule has 0 radical (unpaired) electrons. The number of likely N-dealkylation sites (tertiary alicyclic amines) is 1. The summed E-state index contributed by atoms with van der Waals surface area (Å²) in [6.07, 6.45) is 7.24. The Kier molecular flexibility index (Phi) is 4.55. The van der Waals surface area contributed by atoms with Crippen LogP contribution in [-0.4, -0.2) is 47.2 Å². The van der Waals surface area contributed by atoms with Gasteiger partial charge in [-0.3, -0.25) is 9.78 Å². The molecular weight excluding hydrogens is 320 g/mol. The fourth-order valence-corrected chi connectivity index (χ4v) is 3.62. The van der Waals surface area contributed by atoms with Crippen molar-refractivity contribution in [2.75, 3.05) is 19.7 Å². The van der Waals surface area contributed by atoms with Crippen LogP contribution in [0.4, 0.5) is 0 Å². The van der Waals surface area contributed by atoms with Gasteiger partial charge in [-0.05, 0) is 30.2 Å². The third kappa shape index (κ3) is 3.75. The highest BCUT2D eigenvalue weighted by molar-refractivity contribution is 5.78. The van der Waals surface area contributed by atoms with E-state index in [4.69, 9.17) is 13.9 Å². The Labute approximate surface area is 146 Å². The number of hydrogen-bond acceptors (Lipinski definition) is 5. The topological polar surface area (TPSA) is 64.8 Å². The molecule has 2 saturated heterocycles. The average molecular weight is 342 g/mol. The molecule has 4 heterocycles. The predicted octanol–water partition coefficient (Wildman–Crippen LogP) is 2.19. The van der Waals surface area contributed by atoms with E-state index < -0.39 is 0 Å². The Bertz CT molecular complexity index is 703. The predicted molar refractivity (Wildman–Crippen MR) is 89.7 cm³/mol. The number of hydrogen-bond donors (Lipinski definition) is 0. The van der Waals surface area contributed by atoms with Crippen LogP contribution in [0, 0.1) is 0 Å². The van der Waals surface area contributed by atoms with Crippen molar-refractivity contribution in [3.8, 4) is 0 Å². The van der Waals surface area contributed by atoms with Crippen LogP contribution in [0.15, 0.2) is 47.3 Å². The Morgan fingerprint density at radius 1 is 1.40 bits per heavy atom. The van der Waals surface area contributed by atoms with Crippen molar-refractivity contribution < 1.29 is 18.7 Å². The Morgan fingerprint density at radius 2 is 2.36 bits per heavy atom. The third-order valence-electron chi connectivity index (χ3n) is 4.96. The number of rotatable bonds is 5. The van der Waals surface area contributed by atoms with E-state index >= 15 is 0 Å². The van der Waals surface area contributed by atoms with Gasteiger partial charge in [-0.2, -0.15) is 0 Å². The molecule has 132 valence electrons. The molecule has 0 unspecified atom stereocenters. The monoisotopic (exact) mass is 342 g/mol. The van der Waals surface area contributed by atoms with Crippen LogP contribution in [-0.2, 0) is 27.3 Å². The van der Waals surface area contributed by atoms with Crippen molar-refractivity contribution in [1.29, 1.82) is 0 Å². The second-order valence-electron chi connectivity index (χ2n) is 6.81. The quantitative estimate of drug-likeness (QED) is 0.833. The summed E-state index contributed by atoms with van der Waals surface area (Å²) in [6.45, 7) is 2.49. The minimum absolute atomic E-state index is 0.0698. The summed E-state index contributed by atoms with van der Waals surface area (Å²) in [5.74, 6) is 0.797. The molecule has 0 N–H and O–H groups in total. The van der Waals surface area contributed by atoms with Crippen LogP contribution in [0.5, 0.6) is 0 Å². The van der Waals surface area contributed by atoms with E-state index in [1.807, 2.05) is 29.3 Å². The molecule has 2 aromatic rings. The summed E-state index contributed by atoms with van der Waals surface area (Å²) in [5.41, 5.74) is 0.809. The number of furan rings is 1. The van der Waals surface area contributed by atoms with Crippen LogP contribution in [0.1, 0.15) is 24.2 Å². The van der Waals surface area contributed by atoms with Crippen molar-refractivity contribution in [1.82, 2.24) is 9.88 Å². The van der Waals surface area contributed by atoms with Crippen LogP contribution in [0.2, 0.25) is 0 Å². The molecule has 0 bridgehead atoms. The molecule has 1 amide bonds. The van der Waals surface area contributed by atoms with Crippen molar-refractivity contribution in [3.05, 3.63) is 54.2 Å². The molecule has 25 heavy (non-hydrogen) atoms. The highest BCUT2D eigenvalue weighted by atomic mass is 16.6. The molecular formula is C19H22N2O4. The molecule has 1 spiro atoms. The zero-order valence-corrected chi connectivity index (χ0v) is 14.1. The summed E-state index contributed by atoms with van der Waals surface area (Å²) in [7, 11) is 0. The largest absolute Gasteiger partial charge is 0.469 e. The van der Waals surface area contributed by atoms with Gasteiger partial charge in [0.25, 0.3) is 0 Å². The van der Waals surface area contributed by atoms with E-state index in [0.29, 0.717) is 31.9 Å². The standard InChI is InChI=1S/C19H22N2O4/c22-18(9-16-4-2-8-23-16)21-7-5-19(14-21)10-17(13-25-19)24-12-15-3-1-6-20-11-15/h1-4,6,8,11,17H,5,7,9-10,12-14H2/t17-,19+/m1/s1. The van der Waals surface area contributed by atoms with Crippen molar-refractivity contribution in [3.63, 3.8) is 0 Å². The molecule has 4 rings (SSSR count). The normalized spacial score (nSPS) is 25.8. The van der Waals surface area contributed by atoms with E-state index in [9.17, 15) is 4.79 Å². The molecule has 6 nitrogen and oxygen atoms in total. The highest BCUT2D eigenvalue weighted by Gasteiger charge is 2.47. The van der Waals surface area contributed by atoms with E-state index in [2.05, 4.69) is 4.98 Å². The smallest absolute Gasteiger partial charge is 0.230 e. The van der Waals surface area contributed by atoms with Gasteiger partial charge in [-0.1, -0.05) is 6.07 Å². The van der Waals surface area contributed by atoms with Gasteiger partial charge in [0.05, 0.1) is 37.6 Å². The Balaban J connectivity index is 1.28.